The Morgan fingerprint density at radius 3 is 2.25 bits per heavy atom. The molecule has 2 aromatic carbocycles. The first-order chi connectivity index (χ1) is 17.2. The van der Waals surface area contributed by atoms with Crippen LogP contribution in [0.2, 0.25) is 0 Å². The van der Waals surface area contributed by atoms with E-state index in [-0.39, 0.29) is 29.6 Å². The lowest BCUT2D eigenvalue weighted by Crippen LogP contribution is -2.41. The molecule has 0 aromatic heterocycles. The van der Waals surface area contributed by atoms with Gasteiger partial charge in [-0.3, -0.25) is 19.3 Å². The van der Waals surface area contributed by atoms with Crippen LogP contribution in [0.3, 0.4) is 0 Å². The number of hydrogen-bond acceptors (Lipinski definition) is 5. The third kappa shape index (κ3) is 4.37. The molecule has 1 aliphatic heterocycles. The van der Waals surface area contributed by atoms with Crippen LogP contribution in [0.1, 0.15) is 44.7 Å². The summed E-state index contributed by atoms with van der Waals surface area (Å²) in [4.78, 5) is 54.5. The van der Waals surface area contributed by atoms with E-state index in [2.05, 4.69) is 0 Å². The molecule has 1 heterocycles. The van der Waals surface area contributed by atoms with Gasteiger partial charge in [0.25, 0.3) is 0 Å². The molecule has 2 aromatic rings. The van der Waals surface area contributed by atoms with E-state index in [9.17, 15) is 19.2 Å². The van der Waals surface area contributed by atoms with Crippen LogP contribution in [0.5, 0.6) is 0 Å². The van der Waals surface area contributed by atoms with Gasteiger partial charge < -0.3 is 9.64 Å². The highest BCUT2D eigenvalue weighted by Gasteiger charge is 2.52. The van der Waals surface area contributed by atoms with Crippen LogP contribution in [0.4, 0.5) is 5.69 Å². The molecular weight excluding hydrogens is 456 g/mol. The number of nitrogens with zero attached hydrogens (tertiary/aromatic N) is 2. The van der Waals surface area contributed by atoms with E-state index in [0.717, 1.165) is 11.1 Å². The van der Waals surface area contributed by atoms with Crippen LogP contribution in [0.25, 0.3) is 0 Å². The first kappa shape index (κ1) is 25.1. The molecule has 0 N–H and O–H groups in total. The molecule has 4 rings (SSSR count). The molecule has 1 aliphatic carbocycles. The highest BCUT2D eigenvalue weighted by atomic mass is 16.5. The summed E-state index contributed by atoms with van der Waals surface area (Å²) in [5.74, 6) is -1.06. The molecule has 0 saturated heterocycles. The Bertz CT molecular complexity index is 1290. The Morgan fingerprint density at radius 1 is 0.972 bits per heavy atom. The van der Waals surface area contributed by atoms with Crippen molar-refractivity contribution in [2.24, 2.45) is 0 Å². The zero-order valence-electron chi connectivity index (χ0n) is 21.0. The van der Waals surface area contributed by atoms with Gasteiger partial charge in [-0.25, -0.2) is 4.79 Å². The second kappa shape index (κ2) is 9.93. The number of fused-ring (bicyclic) bond motifs is 3. The van der Waals surface area contributed by atoms with Crippen molar-refractivity contribution >= 4 is 29.3 Å². The Labute approximate surface area is 211 Å². The molecule has 0 radical (unpaired) electrons. The molecule has 186 valence electrons. The number of anilines is 1. The summed E-state index contributed by atoms with van der Waals surface area (Å²) in [7, 11) is 1.29. The number of benzene rings is 2. The fourth-order valence-electron chi connectivity index (χ4n) is 5.30. The van der Waals surface area contributed by atoms with Gasteiger partial charge in [0.2, 0.25) is 11.8 Å². The van der Waals surface area contributed by atoms with Gasteiger partial charge in [0.15, 0.2) is 5.78 Å². The average Bonchev–Trinajstić information content (AvgIpc) is 3.16. The maximum atomic E-state index is 13.0. The molecule has 2 amide bonds. The Morgan fingerprint density at radius 2 is 1.64 bits per heavy atom. The van der Waals surface area contributed by atoms with Gasteiger partial charge >= 0.3 is 5.97 Å². The van der Waals surface area contributed by atoms with E-state index in [1.54, 1.807) is 9.80 Å². The minimum Gasteiger partial charge on any atom is -0.466 e. The molecule has 36 heavy (non-hydrogen) atoms. The molecular formula is C29H30N2O5. The predicted octanol–water partition coefficient (Wildman–Crippen LogP) is 4.08. The Kier molecular flexibility index (Phi) is 6.93. The quantitative estimate of drug-likeness (QED) is 0.551. The predicted molar refractivity (Wildman–Crippen MR) is 136 cm³/mol. The van der Waals surface area contributed by atoms with Crippen molar-refractivity contribution in [3.05, 3.63) is 88.6 Å². The van der Waals surface area contributed by atoms with Crippen molar-refractivity contribution in [1.29, 1.82) is 0 Å². The number of hydrogen-bond donors (Lipinski definition) is 0. The van der Waals surface area contributed by atoms with Crippen LogP contribution < -0.4 is 4.90 Å². The number of rotatable bonds is 7. The Hall–Kier alpha value is -4.00. The summed E-state index contributed by atoms with van der Waals surface area (Å²) in [6.45, 7) is 5.23. The number of amides is 2. The van der Waals surface area contributed by atoms with Gasteiger partial charge in [-0.1, -0.05) is 54.6 Å². The van der Waals surface area contributed by atoms with Gasteiger partial charge in [-0.05, 0) is 36.1 Å². The summed E-state index contributed by atoms with van der Waals surface area (Å²) >= 11 is 0. The van der Waals surface area contributed by atoms with Gasteiger partial charge in [0, 0.05) is 33.4 Å². The lowest BCUT2D eigenvalue weighted by Gasteiger charge is -2.37. The van der Waals surface area contributed by atoms with Crippen molar-refractivity contribution in [3.63, 3.8) is 0 Å². The largest absolute Gasteiger partial charge is 0.466 e. The van der Waals surface area contributed by atoms with Gasteiger partial charge in [-0.2, -0.15) is 0 Å². The van der Waals surface area contributed by atoms with Crippen LogP contribution in [0.15, 0.2) is 77.5 Å². The summed E-state index contributed by atoms with van der Waals surface area (Å²) in [6, 6.07) is 17.2. The monoisotopic (exact) mass is 486 g/mol. The lowest BCUT2D eigenvalue weighted by atomic mass is 9.69. The highest BCUT2D eigenvalue weighted by Crippen LogP contribution is 2.55. The van der Waals surface area contributed by atoms with E-state index in [1.807, 2.05) is 60.7 Å². The van der Waals surface area contributed by atoms with E-state index < -0.39 is 11.4 Å². The summed E-state index contributed by atoms with van der Waals surface area (Å²) in [6.07, 6.45) is 2.35. The molecule has 0 bridgehead atoms. The number of esters is 1. The number of carbonyl (C=O) groups is 4. The van der Waals surface area contributed by atoms with Gasteiger partial charge in [0.1, 0.15) is 0 Å². The first-order valence-corrected chi connectivity index (χ1v) is 11.9. The van der Waals surface area contributed by atoms with E-state index >= 15 is 0 Å². The van der Waals surface area contributed by atoms with Crippen LogP contribution in [-0.4, -0.2) is 42.1 Å². The number of ether oxygens (including phenoxy) is 1. The first-order valence-electron chi connectivity index (χ1n) is 11.9. The third-order valence-electron chi connectivity index (χ3n) is 6.98. The van der Waals surface area contributed by atoms with Crippen LogP contribution >= 0.6 is 0 Å². The molecule has 0 saturated carbocycles. The van der Waals surface area contributed by atoms with Crippen molar-refractivity contribution in [2.45, 2.75) is 45.6 Å². The van der Waals surface area contributed by atoms with Crippen molar-refractivity contribution in [2.75, 3.05) is 18.6 Å². The molecule has 2 aliphatic rings. The number of allylic oxidation sites excluding steroid dienone is 2. The highest BCUT2D eigenvalue weighted by molar-refractivity contribution is 6.06. The molecule has 0 fully saturated rings. The zero-order chi connectivity index (χ0) is 26.0. The van der Waals surface area contributed by atoms with Crippen molar-refractivity contribution in [1.82, 2.24) is 4.90 Å². The topological polar surface area (TPSA) is 84.0 Å². The summed E-state index contributed by atoms with van der Waals surface area (Å²) in [5.41, 5.74) is 2.81. The molecule has 1 atom stereocenters. The normalized spacial score (nSPS) is 18.2. The second-order valence-corrected chi connectivity index (χ2v) is 9.24. The van der Waals surface area contributed by atoms with Crippen molar-refractivity contribution < 1.29 is 23.9 Å². The summed E-state index contributed by atoms with van der Waals surface area (Å²) in [5, 5.41) is 0. The maximum absolute atomic E-state index is 13.0. The number of para-hydroxylation sites is 1. The van der Waals surface area contributed by atoms with Gasteiger partial charge in [-0.15, -0.1) is 0 Å². The summed E-state index contributed by atoms with van der Waals surface area (Å²) < 4.78 is 5.10. The van der Waals surface area contributed by atoms with Crippen LogP contribution in [-0.2, 0) is 35.9 Å². The number of methoxy groups -OCH3 is 1. The Balaban J connectivity index is 1.88. The van der Waals surface area contributed by atoms with E-state index in [0.29, 0.717) is 36.5 Å². The maximum Gasteiger partial charge on any atom is 0.335 e. The number of ketones is 1. The van der Waals surface area contributed by atoms with E-state index in [4.69, 9.17) is 4.74 Å². The number of Topliss-reactive ketones (excluding diaryl/α,β-unsaturated/α-hetero) is 1. The molecule has 0 spiro atoms. The fraction of sp³-hybridized carbons (Fsp3) is 0.310. The minimum atomic E-state index is -0.949. The van der Waals surface area contributed by atoms with Crippen LogP contribution in [0, 0.1) is 0 Å². The standard InChI is InChI=1S/C29H30N2O5/c1-19(32)23-16-24(28(35)36-4)27-29(17-23,25-12-8-9-13-26(25)31(27)21(3)34)14-15-30(20(2)33)18-22-10-6-5-7-11-22/h5-13,17H,14-16,18H2,1-4H3/t29-/m0/s1. The third-order valence-corrected chi connectivity index (χ3v) is 6.98. The smallest absolute Gasteiger partial charge is 0.335 e. The zero-order valence-corrected chi connectivity index (χ0v) is 21.0. The number of carbonyl (C=O) groups excluding carboxylic acids is 4. The molecule has 7 heteroatoms. The minimum absolute atomic E-state index is 0.0807. The van der Waals surface area contributed by atoms with Crippen molar-refractivity contribution in [3.8, 4) is 0 Å². The second-order valence-electron chi connectivity index (χ2n) is 9.24. The fourth-order valence-corrected chi connectivity index (χ4v) is 5.30. The molecule has 7 nitrogen and oxygen atoms in total. The SMILES string of the molecule is COC(=O)C1=C2N(C(C)=O)c3ccccc3[C@]2(CCN(Cc2ccccc2)C(C)=O)C=C(C(C)=O)C1. The molecule has 0 unspecified atom stereocenters. The lowest BCUT2D eigenvalue weighted by molar-refractivity contribution is -0.136. The van der Waals surface area contributed by atoms with E-state index in [1.165, 1.54) is 27.9 Å². The average molecular weight is 487 g/mol. The van der Waals surface area contributed by atoms with Gasteiger partial charge in [0.05, 0.1) is 29.5 Å².